The van der Waals surface area contributed by atoms with Crippen LogP contribution in [0.1, 0.15) is 23.2 Å². The number of para-hydroxylation sites is 1. The molecule has 0 radical (unpaired) electrons. The highest BCUT2D eigenvalue weighted by Crippen LogP contribution is 2.28. The molecule has 0 unspecified atom stereocenters. The number of fused-ring (bicyclic) bond motifs is 1. The third-order valence-corrected chi connectivity index (χ3v) is 3.42. The predicted octanol–water partition coefficient (Wildman–Crippen LogP) is 2.85. The zero-order valence-corrected chi connectivity index (χ0v) is 10.3. The van der Waals surface area contributed by atoms with Gasteiger partial charge < -0.3 is 5.32 Å². The van der Waals surface area contributed by atoms with Crippen LogP contribution in [0.4, 0.5) is 5.82 Å². The van der Waals surface area contributed by atoms with E-state index in [2.05, 4.69) is 53.2 Å². The number of hydrogen-bond acceptors (Lipinski definition) is 2. The number of nitrogens with zero attached hydrogens (tertiary/aromatic N) is 2. The largest absolute Gasteiger partial charge is 0.370 e. The van der Waals surface area contributed by atoms with Gasteiger partial charge in [0.05, 0.1) is 11.4 Å². The van der Waals surface area contributed by atoms with E-state index in [-0.39, 0.29) is 0 Å². The molecule has 1 N–H and O–H groups in total. The number of rotatable bonds is 1. The van der Waals surface area contributed by atoms with Crippen molar-refractivity contribution < 1.29 is 0 Å². The summed E-state index contributed by atoms with van der Waals surface area (Å²) in [5.74, 6) is 1.18. The first-order valence-electron chi connectivity index (χ1n) is 6.16. The van der Waals surface area contributed by atoms with E-state index in [4.69, 9.17) is 0 Å². The van der Waals surface area contributed by atoms with Gasteiger partial charge in [0.15, 0.2) is 0 Å². The topological polar surface area (TPSA) is 29.9 Å². The summed E-state index contributed by atoms with van der Waals surface area (Å²) in [6, 6.07) is 8.38. The highest BCUT2D eigenvalue weighted by Gasteiger charge is 2.19. The molecule has 2 aromatic rings. The smallest absolute Gasteiger partial charge is 0.133 e. The van der Waals surface area contributed by atoms with Gasteiger partial charge in [-0.05, 0) is 38.3 Å². The van der Waals surface area contributed by atoms with E-state index in [1.165, 1.54) is 29.1 Å². The van der Waals surface area contributed by atoms with Crippen LogP contribution in [0.5, 0.6) is 0 Å². The molecule has 0 bridgehead atoms. The summed E-state index contributed by atoms with van der Waals surface area (Å²) in [6.07, 6.45) is 2.34. The molecular weight excluding hydrogens is 210 g/mol. The van der Waals surface area contributed by atoms with Crippen LogP contribution in [0.2, 0.25) is 0 Å². The molecule has 0 amide bonds. The summed E-state index contributed by atoms with van der Waals surface area (Å²) in [4.78, 5) is 0. The second-order valence-corrected chi connectivity index (χ2v) is 4.64. The van der Waals surface area contributed by atoms with Gasteiger partial charge in [0, 0.05) is 12.1 Å². The first kappa shape index (κ1) is 10.4. The maximum absolute atomic E-state index is 4.68. The summed E-state index contributed by atoms with van der Waals surface area (Å²) in [5.41, 5.74) is 4.95. The lowest BCUT2D eigenvalue weighted by molar-refractivity contribution is 0.804. The van der Waals surface area contributed by atoms with Crippen molar-refractivity contribution in [1.82, 2.24) is 9.78 Å². The van der Waals surface area contributed by atoms with Crippen LogP contribution in [0.25, 0.3) is 5.69 Å². The Morgan fingerprint density at radius 2 is 2.06 bits per heavy atom. The Bertz CT molecular complexity index is 555. The van der Waals surface area contributed by atoms with Crippen molar-refractivity contribution in [3.63, 3.8) is 0 Å². The fourth-order valence-electron chi connectivity index (χ4n) is 2.49. The van der Waals surface area contributed by atoms with Crippen LogP contribution < -0.4 is 5.32 Å². The van der Waals surface area contributed by atoms with Gasteiger partial charge >= 0.3 is 0 Å². The molecule has 3 nitrogen and oxygen atoms in total. The van der Waals surface area contributed by atoms with Gasteiger partial charge in [-0.1, -0.05) is 18.2 Å². The lowest BCUT2D eigenvalue weighted by Crippen LogP contribution is -2.14. The maximum Gasteiger partial charge on any atom is 0.133 e. The fraction of sp³-hybridized carbons (Fsp3) is 0.357. The van der Waals surface area contributed by atoms with Crippen molar-refractivity contribution in [2.45, 2.75) is 26.7 Å². The van der Waals surface area contributed by atoms with Crippen LogP contribution in [0.3, 0.4) is 0 Å². The van der Waals surface area contributed by atoms with Gasteiger partial charge in [0.1, 0.15) is 5.82 Å². The molecule has 0 atom stereocenters. The van der Waals surface area contributed by atoms with Crippen molar-refractivity contribution in [3.05, 3.63) is 41.1 Å². The summed E-state index contributed by atoms with van der Waals surface area (Å²) in [5, 5.41) is 8.16. The van der Waals surface area contributed by atoms with Crippen molar-refractivity contribution in [3.8, 4) is 5.69 Å². The van der Waals surface area contributed by atoms with Crippen LogP contribution in [0, 0.1) is 13.8 Å². The number of aryl methyl sites for hydroxylation is 2. The summed E-state index contributed by atoms with van der Waals surface area (Å²) >= 11 is 0. The van der Waals surface area contributed by atoms with Gasteiger partial charge in [-0.2, -0.15) is 5.10 Å². The van der Waals surface area contributed by atoms with Crippen molar-refractivity contribution in [2.75, 3.05) is 11.9 Å². The molecule has 0 saturated heterocycles. The van der Waals surface area contributed by atoms with Gasteiger partial charge in [-0.3, -0.25) is 0 Å². The van der Waals surface area contributed by atoms with Crippen molar-refractivity contribution >= 4 is 5.82 Å². The summed E-state index contributed by atoms with van der Waals surface area (Å²) in [6.45, 7) is 5.27. The summed E-state index contributed by atoms with van der Waals surface area (Å²) in [7, 11) is 0. The molecule has 1 aliphatic heterocycles. The number of nitrogens with one attached hydrogen (secondary N) is 1. The average molecular weight is 227 g/mol. The molecule has 3 rings (SSSR count). The van der Waals surface area contributed by atoms with Gasteiger partial charge in [0.2, 0.25) is 0 Å². The molecule has 1 aromatic heterocycles. The average Bonchev–Trinajstić information content (AvgIpc) is 2.68. The van der Waals surface area contributed by atoms with Crippen LogP contribution >= 0.6 is 0 Å². The first-order chi connectivity index (χ1) is 8.27. The van der Waals surface area contributed by atoms with E-state index in [0.29, 0.717) is 0 Å². The van der Waals surface area contributed by atoms with Gasteiger partial charge in [-0.15, -0.1) is 0 Å². The minimum atomic E-state index is 1.05. The Morgan fingerprint density at radius 3 is 2.88 bits per heavy atom. The first-order valence-corrected chi connectivity index (χ1v) is 6.16. The van der Waals surface area contributed by atoms with E-state index in [0.717, 1.165) is 18.7 Å². The van der Waals surface area contributed by atoms with Crippen LogP contribution in [0.15, 0.2) is 24.3 Å². The number of aromatic nitrogens is 2. The Balaban J connectivity index is 2.19. The fourth-order valence-corrected chi connectivity index (χ4v) is 2.49. The van der Waals surface area contributed by atoms with E-state index in [9.17, 15) is 0 Å². The van der Waals surface area contributed by atoms with E-state index < -0.39 is 0 Å². The molecule has 1 aromatic carbocycles. The molecule has 2 heterocycles. The molecule has 0 spiro atoms. The molecule has 0 fully saturated rings. The monoisotopic (exact) mass is 227 g/mol. The van der Waals surface area contributed by atoms with E-state index >= 15 is 0 Å². The zero-order valence-electron chi connectivity index (χ0n) is 10.3. The Morgan fingerprint density at radius 1 is 1.24 bits per heavy atom. The standard InChI is InChI=1S/C14H17N3/c1-10-6-3-4-8-13(10)17-14-12(11(2)16-17)7-5-9-15-14/h3-4,6,8,15H,5,7,9H2,1-2H3. The second-order valence-electron chi connectivity index (χ2n) is 4.64. The van der Waals surface area contributed by atoms with E-state index in [1.807, 2.05) is 0 Å². The number of anilines is 1. The number of hydrogen-bond donors (Lipinski definition) is 1. The molecule has 0 saturated carbocycles. The molecule has 1 aliphatic rings. The molecular formula is C14H17N3. The minimum Gasteiger partial charge on any atom is -0.370 e. The Kier molecular flexibility index (Phi) is 2.39. The molecule has 17 heavy (non-hydrogen) atoms. The van der Waals surface area contributed by atoms with Crippen LogP contribution in [-0.2, 0) is 6.42 Å². The Hall–Kier alpha value is -1.77. The SMILES string of the molecule is Cc1ccccc1-n1nc(C)c2c1NCCC2. The normalized spacial score (nSPS) is 14.2. The lowest BCUT2D eigenvalue weighted by Gasteiger charge is -2.17. The maximum atomic E-state index is 4.68. The predicted molar refractivity (Wildman–Crippen MR) is 69.8 cm³/mol. The van der Waals surface area contributed by atoms with Crippen LogP contribution in [-0.4, -0.2) is 16.3 Å². The zero-order chi connectivity index (χ0) is 11.8. The molecule has 88 valence electrons. The van der Waals surface area contributed by atoms with Gasteiger partial charge in [-0.25, -0.2) is 4.68 Å². The van der Waals surface area contributed by atoms with Crippen molar-refractivity contribution in [2.24, 2.45) is 0 Å². The molecule has 0 aliphatic carbocycles. The van der Waals surface area contributed by atoms with E-state index in [1.54, 1.807) is 0 Å². The minimum absolute atomic E-state index is 1.05. The third-order valence-electron chi connectivity index (χ3n) is 3.42. The van der Waals surface area contributed by atoms with Gasteiger partial charge in [0.25, 0.3) is 0 Å². The Labute approximate surface area is 101 Å². The highest BCUT2D eigenvalue weighted by atomic mass is 15.3. The number of benzene rings is 1. The summed E-state index contributed by atoms with van der Waals surface area (Å²) < 4.78 is 2.05. The third kappa shape index (κ3) is 1.62. The highest BCUT2D eigenvalue weighted by molar-refractivity contribution is 5.56. The quantitative estimate of drug-likeness (QED) is 0.812. The lowest BCUT2D eigenvalue weighted by atomic mass is 10.1. The second kappa shape index (κ2) is 3.91. The van der Waals surface area contributed by atoms with Crippen molar-refractivity contribution in [1.29, 1.82) is 0 Å². The molecule has 3 heteroatoms.